The molecule has 2 aromatic heterocycles. The van der Waals surface area contributed by atoms with Crippen LogP contribution in [0, 0.1) is 0 Å². The Morgan fingerprint density at radius 1 is 0.860 bits per heavy atom. The number of aliphatic hydroxyl groups is 6. The Hall–Kier alpha value is -2.70. The SMILES string of the molecule is CC(=O)N[C@@H]1C(O)C(O)O[C@@H]1COP(=O)(O)O.CC(=O)N[C@@H]1C(O)C(O)O[C@@H]1COP(=O)([O-])OP(=O)([O-])OC[C@@]1(C)O[C@@H](n2cnc3c(N)ncnc32)C(O)C1O. The van der Waals surface area contributed by atoms with E-state index in [-0.39, 0.29) is 17.0 Å². The number of imidazole rings is 1. The van der Waals surface area contributed by atoms with Gasteiger partial charge in [0.1, 0.15) is 54.1 Å². The Balaban J connectivity index is 0.000000355. The fraction of sp³-hybridized carbons (Fsp3) is 0.720. The summed E-state index contributed by atoms with van der Waals surface area (Å²) >= 11 is 0. The number of nitrogen functional groups attached to an aromatic ring is 1. The van der Waals surface area contributed by atoms with Gasteiger partial charge in [0.2, 0.25) is 11.8 Å². The summed E-state index contributed by atoms with van der Waals surface area (Å²) in [6, 6.07) is -2.27. The number of nitrogens with two attached hydrogens (primary N) is 1. The summed E-state index contributed by atoms with van der Waals surface area (Å²) in [6.07, 6.45) is -11.2. The molecule has 2 amide bonds. The molecule has 2 aromatic rings. The number of aromatic nitrogens is 4. The van der Waals surface area contributed by atoms with Gasteiger partial charge in [0.25, 0.3) is 15.6 Å². The first-order valence-electron chi connectivity index (χ1n) is 16.1. The number of phosphoric ester groups is 3. The van der Waals surface area contributed by atoms with Crippen LogP contribution in [0.4, 0.5) is 5.82 Å². The van der Waals surface area contributed by atoms with Gasteiger partial charge in [-0.1, -0.05) is 0 Å². The quantitative estimate of drug-likeness (QED) is 0.0786. The minimum absolute atomic E-state index is 0.0362. The lowest BCUT2D eigenvalue weighted by Gasteiger charge is -2.34. The maximum Gasteiger partial charge on any atom is 0.469 e. The van der Waals surface area contributed by atoms with Gasteiger partial charge < -0.3 is 89.8 Å². The lowest BCUT2D eigenvalue weighted by molar-refractivity contribution is -0.249. The number of hydrogen-bond donors (Lipinski definition) is 11. The number of hydrogen-bond acceptors (Lipinski definition) is 24. The molecule has 12 N–H and O–H groups in total. The largest absolute Gasteiger partial charge is 0.756 e. The molecule has 3 aliphatic rings. The molecule has 14 atom stereocenters. The van der Waals surface area contributed by atoms with Gasteiger partial charge in [0.15, 0.2) is 30.3 Å². The second-order valence-corrected chi connectivity index (χ2v) is 16.9. The number of anilines is 1. The summed E-state index contributed by atoms with van der Waals surface area (Å²) in [6.45, 7) is 0.937. The first kappa shape index (κ1) is 47.0. The highest BCUT2D eigenvalue weighted by atomic mass is 31.3. The molecule has 0 radical (unpaired) electrons. The predicted octanol–water partition coefficient (Wildman–Crippen LogP) is -6.33. The Kier molecular flexibility index (Phi) is 15.1. The average Bonchev–Trinajstić information content (AvgIpc) is 3.78. The first-order chi connectivity index (χ1) is 26.2. The third-order valence-corrected chi connectivity index (χ3v) is 11.3. The van der Waals surface area contributed by atoms with Crippen LogP contribution in [0.2, 0.25) is 0 Å². The van der Waals surface area contributed by atoms with Crippen LogP contribution in [-0.4, -0.2) is 158 Å². The van der Waals surface area contributed by atoms with Crippen molar-refractivity contribution in [1.29, 1.82) is 0 Å². The molecule has 8 unspecified atom stereocenters. The van der Waals surface area contributed by atoms with Crippen molar-refractivity contribution in [2.45, 2.75) is 93.9 Å². The summed E-state index contributed by atoms with van der Waals surface area (Å²) in [5.74, 6) is -1.08. The summed E-state index contributed by atoms with van der Waals surface area (Å²) < 4.78 is 68.9. The topological polar surface area (TPSA) is 452 Å². The molecule has 3 saturated heterocycles. The van der Waals surface area contributed by atoms with Crippen molar-refractivity contribution in [3.05, 3.63) is 12.7 Å². The van der Waals surface area contributed by atoms with Crippen LogP contribution in [-0.2, 0) is 55.4 Å². The third-order valence-electron chi connectivity index (χ3n) is 8.30. The van der Waals surface area contributed by atoms with Crippen molar-refractivity contribution in [2.24, 2.45) is 0 Å². The summed E-state index contributed by atoms with van der Waals surface area (Å²) in [7, 11) is -16.0. The van der Waals surface area contributed by atoms with Crippen LogP contribution < -0.4 is 26.2 Å². The normalized spacial score (nSPS) is 34.9. The monoisotopic (exact) mass is 883 g/mol. The van der Waals surface area contributed by atoms with Crippen molar-refractivity contribution in [3.63, 3.8) is 0 Å². The lowest BCUT2D eigenvalue weighted by atomic mass is 9.99. The highest BCUT2D eigenvalue weighted by Crippen LogP contribution is 2.56. The zero-order valence-corrected chi connectivity index (χ0v) is 32.3. The van der Waals surface area contributed by atoms with E-state index in [1.54, 1.807) is 0 Å². The second-order valence-electron chi connectivity index (χ2n) is 12.7. The van der Waals surface area contributed by atoms with Gasteiger partial charge in [-0.25, -0.2) is 23.8 Å². The molecule has 0 bridgehead atoms. The maximum absolute atomic E-state index is 12.3. The minimum Gasteiger partial charge on any atom is -0.756 e. The third kappa shape index (κ3) is 12.0. The summed E-state index contributed by atoms with van der Waals surface area (Å²) in [4.78, 5) is 75.4. The van der Waals surface area contributed by atoms with Crippen molar-refractivity contribution in [2.75, 3.05) is 25.6 Å². The molecule has 0 saturated carbocycles. The number of phosphoric acid groups is 3. The zero-order valence-electron chi connectivity index (χ0n) is 29.6. The van der Waals surface area contributed by atoms with E-state index in [1.807, 2.05) is 0 Å². The molecule has 0 aromatic carbocycles. The molecule has 3 fully saturated rings. The van der Waals surface area contributed by atoms with Crippen LogP contribution in [0.1, 0.15) is 27.0 Å². The Bertz CT molecular complexity index is 1890. The highest BCUT2D eigenvalue weighted by Gasteiger charge is 2.53. The molecule has 32 heteroatoms. The van der Waals surface area contributed by atoms with Crippen LogP contribution in [0.15, 0.2) is 12.7 Å². The maximum atomic E-state index is 12.3. The van der Waals surface area contributed by atoms with Crippen LogP contribution in [0.3, 0.4) is 0 Å². The van der Waals surface area contributed by atoms with Crippen LogP contribution in [0.25, 0.3) is 11.2 Å². The molecule has 324 valence electrons. The van der Waals surface area contributed by atoms with Gasteiger partial charge in [-0.2, -0.15) is 0 Å². The van der Waals surface area contributed by atoms with E-state index in [2.05, 4.69) is 43.5 Å². The van der Waals surface area contributed by atoms with E-state index in [4.69, 9.17) is 29.7 Å². The highest BCUT2D eigenvalue weighted by molar-refractivity contribution is 7.59. The van der Waals surface area contributed by atoms with Gasteiger partial charge in [-0.15, -0.1) is 0 Å². The van der Waals surface area contributed by atoms with Gasteiger partial charge >= 0.3 is 7.82 Å². The molecule has 3 aliphatic heterocycles. The van der Waals surface area contributed by atoms with Gasteiger partial charge in [-0.3, -0.25) is 27.8 Å². The first-order valence-corrected chi connectivity index (χ1v) is 20.6. The molecule has 0 aliphatic carbocycles. The Morgan fingerprint density at radius 3 is 1.88 bits per heavy atom. The number of ether oxygens (including phenoxy) is 3. The number of carbonyl (C=O) groups is 2. The van der Waals surface area contributed by atoms with Crippen molar-refractivity contribution in [3.8, 4) is 0 Å². The summed E-state index contributed by atoms with van der Waals surface area (Å²) in [5.41, 5.74) is 4.15. The van der Waals surface area contributed by atoms with E-state index in [1.165, 1.54) is 24.7 Å². The number of fused-ring (bicyclic) bond motifs is 1. The second kappa shape index (κ2) is 18.3. The smallest absolute Gasteiger partial charge is 0.469 e. The molecule has 0 spiro atoms. The number of nitrogens with one attached hydrogen (secondary N) is 2. The molecule has 5 heterocycles. The molecular formula is C25H40N7O22P3-2. The lowest BCUT2D eigenvalue weighted by Crippen LogP contribution is -2.48. The molecule has 5 rings (SSSR count). The fourth-order valence-electron chi connectivity index (χ4n) is 5.64. The Labute approximate surface area is 320 Å². The number of aliphatic hydroxyl groups excluding tert-OH is 6. The molecule has 57 heavy (non-hydrogen) atoms. The average molecular weight is 884 g/mol. The standard InChI is InChI=1S/C18H28N6O14P2.C7H14NO8P/c1-7(25)23-9-8(36-17(29)11(9)26)3-34-39(30,31)38-40(32,33)35-4-18(2)13(28)12(27)16(37-18)24-6-22-10-14(19)20-5-21-15(10)24;1-3(9)8-5-4(2-15-17(12,13)14)16-7(11)6(5)10/h5-6,8-9,11-13,16-17,26-29H,3-4H2,1-2H3,(H,23,25)(H,30,31)(H,32,33)(H2,19,20,21);4-7,10-11H,2H2,1H3,(H,8,9)(H2,12,13,14)/p-2/t8-,9+,11?,12?,13?,16-,17?,18-;4-,5+,6?,7?/m11/s1. The number of nitrogens with zero attached hydrogens (tertiary/aromatic N) is 4. The van der Waals surface area contributed by atoms with E-state index in [9.17, 15) is 63.7 Å². The van der Waals surface area contributed by atoms with Gasteiger partial charge in [-0.05, 0) is 6.92 Å². The van der Waals surface area contributed by atoms with Gasteiger partial charge in [0, 0.05) is 13.8 Å². The zero-order chi connectivity index (χ0) is 42.8. The molecule has 29 nitrogen and oxygen atoms in total. The van der Waals surface area contributed by atoms with E-state index < -0.39 is 128 Å². The number of rotatable bonds is 14. The van der Waals surface area contributed by atoms with E-state index in [0.29, 0.717) is 0 Å². The van der Waals surface area contributed by atoms with Crippen molar-refractivity contribution >= 4 is 52.3 Å². The number of amides is 2. The van der Waals surface area contributed by atoms with Crippen molar-refractivity contribution in [1.82, 2.24) is 30.2 Å². The van der Waals surface area contributed by atoms with Gasteiger partial charge in [0.05, 0.1) is 38.2 Å². The van der Waals surface area contributed by atoms with Crippen LogP contribution in [0.5, 0.6) is 0 Å². The Morgan fingerprint density at radius 2 is 1.37 bits per heavy atom. The van der Waals surface area contributed by atoms with E-state index >= 15 is 0 Å². The minimum atomic E-state index is -5.69. The number of carbonyl (C=O) groups excluding carboxylic acids is 2. The molecular weight excluding hydrogens is 843 g/mol. The van der Waals surface area contributed by atoms with E-state index in [0.717, 1.165) is 13.3 Å². The van der Waals surface area contributed by atoms with Crippen molar-refractivity contribution < 1.29 is 106 Å². The predicted molar refractivity (Wildman–Crippen MR) is 175 cm³/mol. The summed E-state index contributed by atoms with van der Waals surface area (Å²) in [5, 5.41) is 63.8. The fourth-order valence-corrected chi connectivity index (χ4v) is 8.08. The van der Waals surface area contributed by atoms with Crippen LogP contribution >= 0.6 is 23.5 Å².